The highest BCUT2D eigenvalue weighted by molar-refractivity contribution is 7.66. The van der Waals surface area contributed by atoms with E-state index in [1.54, 1.807) is 0 Å². The van der Waals surface area contributed by atoms with Gasteiger partial charge in [-0.1, -0.05) is 0 Å². The number of aliphatic hydroxyl groups is 3. The van der Waals surface area contributed by atoms with Gasteiger partial charge in [0.05, 0.1) is 6.61 Å². The summed E-state index contributed by atoms with van der Waals surface area (Å²) < 4.78 is 56.8. The number of aliphatic hydroxyl groups excluding tert-OH is 3. The molecule has 1 fully saturated rings. The number of nitrogens with two attached hydrogens (primary N) is 1. The van der Waals surface area contributed by atoms with E-state index in [0.717, 1.165) is 10.8 Å². The lowest BCUT2D eigenvalue weighted by Gasteiger charge is -2.21. The molecule has 2 heterocycles. The summed E-state index contributed by atoms with van der Waals surface area (Å²) in [4.78, 5) is 41.7. The van der Waals surface area contributed by atoms with Crippen LogP contribution < -0.4 is 11.4 Å². The van der Waals surface area contributed by atoms with Crippen LogP contribution in [-0.2, 0) is 36.1 Å². The minimum Gasteiger partial charge on any atom is -0.387 e. The molecule has 2 unspecified atom stereocenters. The molecule has 2 rings (SSSR count). The van der Waals surface area contributed by atoms with Crippen LogP contribution in [0.1, 0.15) is 6.23 Å². The summed E-state index contributed by atoms with van der Waals surface area (Å²) in [6.07, 6.45) is -5.41. The van der Waals surface area contributed by atoms with Crippen LogP contribution in [0.15, 0.2) is 17.1 Å². The van der Waals surface area contributed by atoms with Crippen molar-refractivity contribution in [3.8, 4) is 0 Å². The van der Waals surface area contributed by atoms with Crippen molar-refractivity contribution in [1.82, 2.24) is 9.55 Å². The van der Waals surface area contributed by atoms with E-state index < -0.39 is 67.1 Å². The fraction of sp³-hybridized carbons (Fsp3) is 0.600. The largest absolute Gasteiger partial charge is 0.490 e. The molecule has 0 spiro atoms. The van der Waals surface area contributed by atoms with Crippen LogP contribution in [-0.4, -0.2) is 71.3 Å². The van der Waals surface area contributed by atoms with E-state index in [4.69, 9.17) is 25.4 Å². The van der Waals surface area contributed by atoms with Gasteiger partial charge in [0.2, 0.25) is 0 Å². The Morgan fingerprint density at radius 2 is 1.77 bits per heavy atom. The molecule has 0 bridgehead atoms. The molecule has 31 heavy (non-hydrogen) atoms. The van der Waals surface area contributed by atoms with Crippen LogP contribution in [0.4, 0.5) is 5.82 Å². The summed E-state index contributed by atoms with van der Waals surface area (Å²) in [6.45, 7) is -2.39. The first-order valence-electron chi connectivity index (χ1n) is 7.83. The third-order valence-corrected chi connectivity index (χ3v) is 7.69. The van der Waals surface area contributed by atoms with Gasteiger partial charge in [-0.05, 0) is 6.07 Å². The predicted octanol–water partition coefficient (Wildman–Crippen LogP) is -2.24. The molecule has 8 N–H and O–H groups in total. The Hall–Kier alpha value is -1.07. The number of ether oxygens (including phenoxy) is 1. The van der Waals surface area contributed by atoms with Crippen molar-refractivity contribution in [3.63, 3.8) is 0 Å². The molecule has 0 saturated carbocycles. The third-order valence-electron chi connectivity index (χ3n) is 3.49. The average molecular weight is 513 g/mol. The molecular weight excluding hydrogens is 495 g/mol. The van der Waals surface area contributed by atoms with Crippen molar-refractivity contribution in [2.24, 2.45) is 0 Å². The number of nitrogens with zero attached hydrogens (tertiary/aromatic N) is 2. The van der Waals surface area contributed by atoms with Crippen LogP contribution in [0.2, 0.25) is 0 Å². The molecule has 1 saturated heterocycles. The van der Waals surface area contributed by atoms with Crippen LogP contribution in [0.5, 0.6) is 0 Å². The highest BCUT2D eigenvalue weighted by Gasteiger charge is 2.47. The van der Waals surface area contributed by atoms with Crippen molar-refractivity contribution in [1.29, 1.82) is 0 Å². The second-order valence-corrected chi connectivity index (χ2v) is 10.3. The number of rotatable bonds is 10. The number of anilines is 1. The van der Waals surface area contributed by atoms with Gasteiger partial charge in [-0.25, -0.2) is 18.5 Å². The second-order valence-electron chi connectivity index (χ2n) is 5.71. The summed E-state index contributed by atoms with van der Waals surface area (Å²) >= 11 is 0. The van der Waals surface area contributed by atoms with E-state index >= 15 is 0 Å². The molecule has 0 aromatic carbocycles. The van der Waals surface area contributed by atoms with Crippen molar-refractivity contribution >= 4 is 29.3 Å². The standard InChI is InChI=1S/C10H18N3O15P3/c11-6-1-2-13(10(17)12-6)9-8(16)7(15)5(26-9)3-24-31(23,25-4-14)28-30(21,22)27-29(18,19)20/h1-2,5,7-9,14-16H,3-4H2,(H,21,22)(H2,11,12,17)(H2,18,19,20)/t5-,7-,8-,9-,31?/m1/s1. The van der Waals surface area contributed by atoms with Gasteiger partial charge < -0.3 is 40.5 Å². The average Bonchev–Trinajstić information content (AvgIpc) is 2.86. The first-order valence-corrected chi connectivity index (χ1v) is 12.3. The Balaban J connectivity index is 2.13. The van der Waals surface area contributed by atoms with E-state index in [2.05, 4.69) is 22.7 Å². The number of hydrogen-bond donors (Lipinski definition) is 7. The molecule has 1 aliphatic heterocycles. The second kappa shape index (κ2) is 9.82. The molecule has 1 aliphatic rings. The highest BCUT2D eigenvalue weighted by Crippen LogP contribution is 2.68. The number of hydrogen-bond acceptors (Lipinski definition) is 14. The SMILES string of the molecule is Nc1ccn([C@@H]2O[C@H](COP(=O)(OCO)OP(=O)(O)OP(=O)(O)O)[C@@H](O)[C@H]2O)c(=O)n1. The van der Waals surface area contributed by atoms with E-state index in [-0.39, 0.29) is 5.82 Å². The van der Waals surface area contributed by atoms with Crippen molar-refractivity contribution in [3.05, 3.63) is 22.7 Å². The van der Waals surface area contributed by atoms with Crippen LogP contribution in [0.25, 0.3) is 0 Å². The molecule has 21 heteroatoms. The zero-order valence-electron chi connectivity index (χ0n) is 15.0. The van der Waals surface area contributed by atoms with E-state index in [1.165, 1.54) is 6.07 Å². The minimum absolute atomic E-state index is 0.126. The summed E-state index contributed by atoms with van der Waals surface area (Å²) in [5, 5.41) is 29.0. The molecule has 0 radical (unpaired) electrons. The molecule has 6 atom stereocenters. The zero-order valence-corrected chi connectivity index (χ0v) is 17.7. The van der Waals surface area contributed by atoms with Crippen LogP contribution >= 0.6 is 23.5 Å². The van der Waals surface area contributed by atoms with Gasteiger partial charge >= 0.3 is 29.2 Å². The Labute approximate surface area is 172 Å². The van der Waals surface area contributed by atoms with Crippen LogP contribution in [0, 0.1) is 0 Å². The predicted molar refractivity (Wildman–Crippen MR) is 94.6 cm³/mol. The Morgan fingerprint density at radius 1 is 1.13 bits per heavy atom. The van der Waals surface area contributed by atoms with E-state index in [1.807, 2.05) is 0 Å². The molecule has 178 valence electrons. The molecule has 0 amide bonds. The monoisotopic (exact) mass is 513 g/mol. The van der Waals surface area contributed by atoms with Crippen LogP contribution in [0.3, 0.4) is 0 Å². The first kappa shape index (κ1) is 26.2. The van der Waals surface area contributed by atoms with Gasteiger partial charge in [0.25, 0.3) is 0 Å². The number of phosphoric ester groups is 1. The fourth-order valence-electron chi connectivity index (χ4n) is 2.31. The van der Waals surface area contributed by atoms with Gasteiger partial charge in [-0.15, -0.1) is 0 Å². The topological polar surface area (TPSA) is 280 Å². The highest BCUT2D eigenvalue weighted by atomic mass is 31.3. The van der Waals surface area contributed by atoms with Gasteiger partial charge in [-0.2, -0.15) is 13.6 Å². The quantitative estimate of drug-likeness (QED) is 0.129. The maximum Gasteiger partial charge on any atom is 0.490 e. The van der Waals surface area contributed by atoms with Gasteiger partial charge in [0.15, 0.2) is 13.0 Å². The lowest BCUT2D eigenvalue weighted by molar-refractivity contribution is -0.0570. The minimum atomic E-state index is -5.73. The summed E-state index contributed by atoms with van der Waals surface area (Å²) in [5.41, 5.74) is 4.41. The Bertz CT molecular complexity index is 979. The van der Waals surface area contributed by atoms with Crippen molar-refractivity contribution in [2.45, 2.75) is 24.5 Å². The zero-order chi connectivity index (χ0) is 23.6. The molecule has 1 aromatic rings. The molecule has 18 nitrogen and oxygen atoms in total. The Morgan fingerprint density at radius 3 is 2.32 bits per heavy atom. The number of phosphoric acid groups is 3. The Kier molecular flexibility index (Phi) is 8.30. The summed E-state index contributed by atoms with van der Waals surface area (Å²) in [6, 6.07) is 1.20. The molecule has 1 aromatic heterocycles. The number of nitrogen functional groups attached to an aromatic ring is 1. The van der Waals surface area contributed by atoms with Crippen molar-refractivity contribution in [2.75, 3.05) is 19.1 Å². The summed E-state index contributed by atoms with van der Waals surface area (Å²) in [7, 11) is -16.5. The maximum atomic E-state index is 12.3. The van der Waals surface area contributed by atoms with Gasteiger partial charge in [-0.3, -0.25) is 13.6 Å². The normalized spacial score (nSPS) is 28.2. The smallest absolute Gasteiger partial charge is 0.387 e. The molecular formula is C10H18N3O15P3. The first-order chi connectivity index (χ1) is 14.2. The summed E-state index contributed by atoms with van der Waals surface area (Å²) in [5.74, 6) is -0.126. The van der Waals surface area contributed by atoms with E-state index in [0.29, 0.717) is 0 Å². The maximum absolute atomic E-state index is 12.3. The molecule has 0 aliphatic carbocycles. The lowest BCUT2D eigenvalue weighted by atomic mass is 10.1. The van der Waals surface area contributed by atoms with E-state index in [9.17, 15) is 33.6 Å². The van der Waals surface area contributed by atoms with Crippen molar-refractivity contribution < 1.29 is 66.1 Å². The fourth-order valence-corrected chi connectivity index (χ4v) is 5.71. The lowest BCUT2D eigenvalue weighted by Crippen LogP contribution is -2.36. The van der Waals surface area contributed by atoms with Gasteiger partial charge in [0, 0.05) is 6.20 Å². The number of aromatic nitrogens is 2. The third kappa shape index (κ3) is 7.21. The van der Waals surface area contributed by atoms with Gasteiger partial charge in [0.1, 0.15) is 24.1 Å².